The molecule has 98 valence electrons. The maximum absolute atomic E-state index is 5.82. The third kappa shape index (κ3) is 8.55. The van der Waals surface area contributed by atoms with E-state index in [1.165, 1.54) is 0 Å². The van der Waals surface area contributed by atoms with Gasteiger partial charge in [-0.3, -0.25) is 0 Å². The van der Waals surface area contributed by atoms with E-state index in [4.69, 9.17) is 18.3 Å². The first-order valence-electron chi connectivity index (χ1n) is 5.55. The Balaban J connectivity index is 3.91. The van der Waals surface area contributed by atoms with Gasteiger partial charge in [0.05, 0.1) is 26.4 Å². The van der Waals surface area contributed by atoms with Gasteiger partial charge < -0.3 is 18.3 Å². The zero-order chi connectivity index (χ0) is 12.3. The summed E-state index contributed by atoms with van der Waals surface area (Å²) in [4.78, 5) is 0. The van der Waals surface area contributed by atoms with Gasteiger partial charge in [-0.1, -0.05) is 0 Å². The topological polar surface area (TPSA) is 36.9 Å². The molecule has 0 aromatic rings. The van der Waals surface area contributed by atoms with E-state index in [9.17, 15) is 0 Å². The molecule has 0 bridgehead atoms. The molecule has 0 aliphatic heterocycles. The Kier molecular flexibility index (Phi) is 10.8. The highest BCUT2D eigenvalue weighted by Gasteiger charge is 2.30. The van der Waals surface area contributed by atoms with Crippen LogP contribution < -0.4 is 0 Å². The average molecular weight is 268 g/mol. The highest BCUT2D eigenvalue weighted by Crippen LogP contribution is 2.16. The van der Waals surface area contributed by atoms with Gasteiger partial charge in [-0.2, -0.15) is 12.6 Å². The summed E-state index contributed by atoms with van der Waals surface area (Å²) in [6, 6.07) is 0.962. The van der Waals surface area contributed by atoms with Crippen LogP contribution in [0.3, 0.4) is 0 Å². The molecule has 0 fully saturated rings. The minimum atomic E-state index is -2.05. The Morgan fingerprint density at radius 2 is 1.44 bits per heavy atom. The Hall–Kier alpha value is 0.407. The number of thiol groups is 1. The zero-order valence-corrected chi connectivity index (χ0v) is 12.4. The summed E-state index contributed by atoms with van der Waals surface area (Å²) in [5.74, 6) is 0.865. The molecule has 0 aromatic carbocycles. The Morgan fingerprint density at radius 1 is 0.938 bits per heavy atom. The van der Waals surface area contributed by atoms with Crippen molar-refractivity contribution in [2.75, 3.05) is 46.4 Å². The van der Waals surface area contributed by atoms with Gasteiger partial charge in [0, 0.05) is 14.2 Å². The molecule has 0 N–H and O–H groups in total. The van der Waals surface area contributed by atoms with Crippen molar-refractivity contribution >= 4 is 21.2 Å². The second kappa shape index (κ2) is 10.6. The monoisotopic (exact) mass is 268 g/mol. The van der Waals surface area contributed by atoms with Crippen molar-refractivity contribution in [1.29, 1.82) is 0 Å². The summed E-state index contributed by atoms with van der Waals surface area (Å²) < 4.78 is 21.6. The summed E-state index contributed by atoms with van der Waals surface area (Å²) >= 11 is 4.21. The van der Waals surface area contributed by atoms with Crippen molar-refractivity contribution in [3.63, 3.8) is 0 Å². The molecule has 0 aliphatic carbocycles. The zero-order valence-electron chi connectivity index (χ0n) is 10.5. The second-order valence-corrected chi connectivity index (χ2v) is 7.44. The summed E-state index contributed by atoms with van der Waals surface area (Å²) in [5, 5.41) is 0. The van der Waals surface area contributed by atoms with Crippen LogP contribution in [-0.4, -0.2) is 55.0 Å². The highest BCUT2D eigenvalue weighted by atomic mass is 32.1. The van der Waals surface area contributed by atoms with Crippen molar-refractivity contribution in [1.82, 2.24) is 0 Å². The molecule has 0 heterocycles. The molecule has 0 amide bonds. The number of hydrogen-bond acceptors (Lipinski definition) is 5. The predicted molar refractivity (Wildman–Crippen MR) is 70.6 cm³/mol. The van der Waals surface area contributed by atoms with Gasteiger partial charge in [-0.25, -0.2) is 0 Å². The normalized spacial score (nSPS) is 12.0. The average Bonchev–Trinajstić information content (AvgIpc) is 2.27. The quantitative estimate of drug-likeness (QED) is 0.352. The van der Waals surface area contributed by atoms with Gasteiger partial charge in [-0.05, 0) is 24.8 Å². The largest absolute Gasteiger partial charge is 0.392 e. The van der Waals surface area contributed by atoms with Gasteiger partial charge in [-0.15, -0.1) is 0 Å². The van der Waals surface area contributed by atoms with Crippen LogP contribution in [-0.2, 0) is 18.3 Å². The molecular formula is C10H24O4SSi. The summed E-state index contributed by atoms with van der Waals surface area (Å²) in [6.45, 7) is 4.49. The lowest BCUT2D eigenvalue weighted by Gasteiger charge is -2.26. The van der Waals surface area contributed by atoms with Crippen molar-refractivity contribution in [3.05, 3.63) is 0 Å². The molecule has 4 nitrogen and oxygen atoms in total. The van der Waals surface area contributed by atoms with E-state index in [1.54, 1.807) is 14.2 Å². The molecule has 0 saturated heterocycles. The smallest absolute Gasteiger partial charge is 0.335 e. The Labute approximate surface area is 105 Å². The minimum absolute atomic E-state index is 0.596. The molecule has 0 aromatic heterocycles. The van der Waals surface area contributed by atoms with Gasteiger partial charge >= 0.3 is 8.56 Å². The maximum atomic E-state index is 5.82. The molecule has 0 spiro atoms. The first-order valence-corrected chi connectivity index (χ1v) is 8.71. The number of hydrogen-bond donors (Lipinski definition) is 1. The molecule has 0 saturated carbocycles. The molecule has 0 radical (unpaired) electrons. The van der Waals surface area contributed by atoms with Crippen molar-refractivity contribution in [3.8, 4) is 0 Å². The lowest BCUT2D eigenvalue weighted by Crippen LogP contribution is -2.40. The number of methoxy groups -OCH3 is 2. The molecule has 0 unspecified atom stereocenters. The molecular weight excluding hydrogens is 244 g/mol. The van der Waals surface area contributed by atoms with Crippen LogP contribution in [0.15, 0.2) is 0 Å². The Morgan fingerprint density at radius 3 is 1.81 bits per heavy atom. The lowest BCUT2D eigenvalue weighted by molar-refractivity contribution is 0.0884. The number of rotatable bonds is 11. The summed E-state index contributed by atoms with van der Waals surface area (Å²) in [7, 11) is 1.28. The standard InChI is InChI=1S/C10H24O4SSi/c1-11-5-7-13-16(3,10-4-9-15)14-8-6-12-2/h15H,4-10H2,1-3H3. The van der Waals surface area contributed by atoms with Crippen molar-refractivity contribution in [2.45, 2.75) is 19.0 Å². The third-order valence-corrected chi connectivity index (χ3v) is 5.39. The van der Waals surface area contributed by atoms with E-state index >= 15 is 0 Å². The first kappa shape index (κ1) is 16.4. The van der Waals surface area contributed by atoms with E-state index in [-0.39, 0.29) is 0 Å². The Bertz CT molecular complexity index is 150. The van der Waals surface area contributed by atoms with Crippen molar-refractivity contribution in [2.24, 2.45) is 0 Å². The van der Waals surface area contributed by atoms with Crippen LogP contribution in [0.25, 0.3) is 0 Å². The van der Waals surface area contributed by atoms with E-state index in [1.807, 2.05) is 0 Å². The third-order valence-electron chi connectivity index (χ3n) is 2.18. The highest BCUT2D eigenvalue weighted by molar-refractivity contribution is 7.80. The fraction of sp³-hybridized carbons (Fsp3) is 1.00. The van der Waals surface area contributed by atoms with E-state index in [0.717, 1.165) is 18.2 Å². The summed E-state index contributed by atoms with van der Waals surface area (Å²) in [5.41, 5.74) is 0. The van der Waals surface area contributed by atoms with E-state index in [0.29, 0.717) is 26.4 Å². The van der Waals surface area contributed by atoms with Gasteiger partial charge in [0.2, 0.25) is 0 Å². The van der Waals surface area contributed by atoms with Gasteiger partial charge in [0.15, 0.2) is 0 Å². The SMILES string of the molecule is COCCO[Si](C)(CCCS)OCCOC. The van der Waals surface area contributed by atoms with Crippen molar-refractivity contribution < 1.29 is 18.3 Å². The van der Waals surface area contributed by atoms with E-state index in [2.05, 4.69) is 19.2 Å². The molecule has 0 rings (SSSR count). The molecule has 16 heavy (non-hydrogen) atoms. The van der Waals surface area contributed by atoms with E-state index < -0.39 is 8.56 Å². The summed E-state index contributed by atoms with van der Waals surface area (Å²) in [6.07, 6.45) is 1.02. The fourth-order valence-corrected chi connectivity index (χ4v) is 3.94. The molecule has 0 atom stereocenters. The predicted octanol–water partition coefficient (Wildman–Crippen LogP) is 1.70. The molecule has 6 heteroatoms. The van der Waals surface area contributed by atoms with Crippen LogP contribution in [0.4, 0.5) is 0 Å². The van der Waals surface area contributed by atoms with Crippen LogP contribution >= 0.6 is 12.6 Å². The molecule has 0 aliphatic rings. The fourth-order valence-electron chi connectivity index (χ4n) is 1.27. The van der Waals surface area contributed by atoms with Crippen LogP contribution in [0, 0.1) is 0 Å². The second-order valence-electron chi connectivity index (χ2n) is 3.64. The first-order chi connectivity index (χ1) is 7.68. The maximum Gasteiger partial charge on any atom is 0.335 e. The van der Waals surface area contributed by atoms with Crippen LogP contribution in [0.5, 0.6) is 0 Å². The number of ether oxygens (including phenoxy) is 2. The minimum Gasteiger partial charge on any atom is -0.392 e. The van der Waals surface area contributed by atoms with Crippen LogP contribution in [0.1, 0.15) is 6.42 Å². The van der Waals surface area contributed by atoms with Gasteiger partial charge in [0.25, 0.3) is 0 Å². The van der Waals surface area contributed by atoms with Crippen LogP contribution in [0.2, 0.25) is 12.6 Å². The lowest BCUT2D eigenvalue weighted by atomic mass is 10.6. The van der Waals surface area contributed by atoms with Gasteiger partial charge in [0.1, 0.15) is 0 Å².